The van der Waals surface area contributed by atoms with Gasteiger partial charge in [0.2, 0.25) is 5.91 Å². The van der Waals surface area contributed by atoms with Crippen molar-refractivity contribution < 1.29 is 14.4 Å². The molecular formula is C17H20N2O3. The summed E-state index contributed by atoms with van der Waals surface area (Å²) in [6.45, 7) is 5.26. The average molecular weight is 300 g/mol. The summed E-state index contributed by atoms with van der Waals surface area (Å²) in [6.07, 6.45) is 1.84. The van der Waals surface area contributed by atoms with Gasteiger partial charge in [0.05, 0.1) is 11.1 Å². The average Bonchev–Trinajstić information content (AvgIpc) is 2.73. The molecule has 116 valence electrons. The van der Waals surface area contributed by atoms with Gasteiger partial charge in [0.15, 0.2) is 0 Å². The van der Waals surface area contributed by atoms with Crippen molar-refractivity contribution >= 4 is 17.7 Å². The highest BCUT2D eigenvalue weighted by Gasteiger charge is 2.38. The van der Waals surface area contributed by atoms with Gasteiger partial charge in [-0.15, -0.1) is 0 Å². The van der Waals surface area contributed by atoms with Gasteiger partial charge in [0, 0.05) is 25.0 Å². The molecule has 1 fully saturated rings. The number of rotatable bonds is 3. The monoisotopic (exact) mass is 300 g/mol. The van der Waals surface area contributed by atoms with Crippen LogP contribution in [0.15, 0.2) is 24.3 Å². The Morgan fingerprint density at radius 3 is 2.18 bits per heavy atom. The van der Waals surface area contributed by atoms with Crippen molar-refractivity contribution in [3.8, 4) is 0 Å². The van der Waals surface area contributed by atoms with Gasteiger partial charge in [-0.05, 0) is 25.0 Å². The predicted octanol–water partition coefficient (Wildman–Crippen LogP) is 1.93. The molecule has 0 spiro atoms. The summed E-state index contributed by atoms with van der Waals surface area (Å²) in [5, 5.41) is 0. The second kappa shape index (κ2) is 5.23. The third-order valence-corrected chi connectivity index (χ3v) is 4.57. The fourth-order valence-corrected chi connectivity index (χ4v) is 3.22. The largest absolute Gasteiger partial charge is 0.340 e. The molecule has 2 heterocycles. The normalized spacial score (nSPS) is 20.5. The maximum absolute atomic E-state index is 12.4. The molecule has 0 atom stereocenters. The minimum absolute atomic E-state index is 0.107. The van der Waals surface area contributed by atoms with Crippen LogP contribution in [-0.2, 0) is 4.79 Å². The minimum Gasteiger partial charge on any atom is -0.340 e. The molecule has 0 unspecified atom stereocenters. The number of fused-ring (bicyclic) bond motifs is 1. The smallest absolute Gasteiger partial charge is 0.261 e. The van der Waals surface area contributed by atoms with Crippen molar-refractivity contribution in [3.05, 3.63) is 35.4 Å². The number of likely N-dealkylation sites (tertiary alicyclic amines) is 1. The van der Waals surface area contributed by atoms with Crippen LogP contribution in [0.3, 0.4) is 0 Å². The van der Waals surface area contributed by atoms with E-state index in [4.69, 9.17) is 0 Å². The molecule has 1 aromatic carbocycles. The van der Waals surface area contributed by atoms with Gasteiger partial charge in [-0.2, -0.15) is 0 Å². The first-order chi connectivity index (χ1) is 10.4. The van der Waals surface area contributed by atoms with E-state index < -0.39 is 0 Å². The number of amides is 3. The minimum atomic E-state index is -0.347. The Hall–Kier alpha value is -2.17. The van der Waals surface area contributed by atoms with Crippen LogP contribution >= 0.6 is 0 Å². The van der Waals surface area contributed by atoms with Gasteiger partial charge >= 0.3 is 0 Å². The molecule has 3 rings (SSSR count). The number of carbonyl (C=O) groups is 3. The lowest BCUT2D eigenvalue weighted by Gasteiger charge is -2.37. The third kappa shape index (κ3) is 2.30. The Kier molecular flexibility index (Phi) is 3.51. The van der Waals surface area contributed by atoms with Gasteiger partial charge in [-0.3, -0.25) is 19.3 Å². The standard InChI is InChI=1S/C17H20N2O3/c1-17(2)8-5-9-18(16(17)22)10-11-19-14(20)12-6-3-4-7-13(12)15(19)21/h3-4,6-7H,5,8-11H2,1-2H3. The van der Waals surface area contributed by atoms with Crippen molar-refractivity contribution in [2.45, 2.75) is 26.7 Å². The molecule has 2 aliphatic rings. The number of benzene rings is 1. The molecular weight excluding hydrogens is 280 g/mol. The molecule has 0 N–H and O–H groups in total. The number of imide groups is 1. The highest BCUT2D eigenvalue weighted by Crippen LogP contribution is 2.30. The van der Waals surface area contributed by atoms with E-state index in [1.807, 2.05) is 13.8 Å². The van der Waals surface area contributed by atoms with Crippen LogP contribution in [-0.4, -0.2) is 47.2 Å². The molecule has 0 aliphatic carbocycles. The SMILES string of the molecule is CC1(C)CCCN(CCN2C(=O)c3ccccc3C2=O)C1=O. The highest BCUT2D eigenvalue weighted by molar-refractivity contribution is 6.21. The third-order valence-electron chi connectivity index (χ3n) is 4.57. The van der Waals surface area contributed by atoms with Crippen molar-refractivity contribution in [1.29, 1.82) is 0 Å². The number of piperidine rings is 1. The molecule has 22 heavy (non-hydrogen) atoms. The summed E-state index contributed by atoms with van der Waals surface area (Å²) < 4.78 is 0. The fourth-order valence-electron chi connectivity index (χ4n) is 3.22. The molecule has 0 radical (unpaired) electrons. The number of hydrogen-bond donors (Lipinski definition) is 0. The lowest BCUT2D eigenvalue weighted by Crippen LogP contribution is -2.49. The molecule has 0 saturated carbocycles. The topological polar surface area (TPSA) is 57.7 Å². The Morgan fingerprint density at radius 2 is 1.59 bits per heavy atom. The maximum atomic E-state index is 12.4. The van der Waals surface area contributed by atoms with Crippen molar-refractivity contribution in [3.63, 3.8) is 0 Å². The van der Waals surface area contributed by atoms with Gasteiger partial charge in [0.1, 0.15) is 0 Å². The van der Waals surface area contributed by atoms with Crippen LogP contribution in [0.25, 0.3) is 0 Å². The van der Waals surface area contributed by atoms with E-state index >= 15 is 0 Å². The van der Waals surface area contributed by atoms with E-state index in [1.165, 1.54) is 4.90 Å². The van der Waals surface area contributed by atoms with E-state index in [0.717, 1.165) is 12.8 Å². The van der Waals surface area contributed by atoms with Gasteiger partial charge in [-0.1, -0.05) is 26.0 Å². The Labute approximate surface area is 129 Å². The predicted molar refractivity (Wildman–Crippen MR) is 81.4 cm³/mol. The van der Waals surface area contributed by atoms with Crippen LogP contribution in [0.5, 0.6) is 0 Å². The number of nitrogens with zero attached hydrogens (tertiary/aromatic N) is 2. The zero-order valence-electron chi connectivity index (χ0n) is 13.0. The quantitative estimate of drug-likeness (QED) is 0.802. The van der Waals surface area contributed by atoms with E-state index in [9.17, 15) is 14.4 Å². The lowest BCUT2D eigenvalue weighted by molar-refractivity contribution is -0.144. The summed E-state index contributed by atoms with van der Waals surface area (Å²) in [5.41, 5.74) is 0.566. The van der Waals surface area contributed by atoms with Gasteiger partial charge in [0.25, 0.3) is 11.8 Å². The van der Waals surface area contributed by atoms with E-state index in [1.54, 1.807) is 29.2 Å². The first-order valence-corrected chi connectivity index (χ1v) is 7.66. The summed E-state index contributed by atoms with van der Waals surface area (Å²) >= 11 is 0. The Bertz CT molecular complexity index is 616. The zero-order chi connectivity index (χ0) is 15.9. The van der Waals surface area contributed by atoms with Crippen molar-refractivity contribution in [2.75, 3.05) is 19.6 Å². The second-order valence-corrected chi connectivity index (χ2v) is 6.59. The van der Waals surface area contributed by atoms with Crippen molar-refractivity contribution in [2.24, 2.45) is 5.41 Å². The first-order valence-electron chi connectivity index (χ1n) is 7.66. The molecule has 1 aromatic rings. The molecule has 2 aliphatic heterocycles. The zero-order valence-corrected chi connectivity index (χ0v) is 13.0. The lowest BCUT2D eigenvalue weighted by atomic mass is 9.83. The van der Waals surface area contributed by atoms with Gasteiger partial charge < -0.3 is 4.90 Å². The molecule has 3 amide bonds. The van der Waals surface area contributed by atoms with Gasteiger partial charge in [-0.25, -0.2) is 0 Å². The molecule has 1 saturated heterocycles. The highest BCUT2D eigenvalue weighted by atomic mass is 16.2. The molecule has 0 aromatic heterocycles. The van der Waals surface area contributed by atoms with Crippen LogP contribution in [0.1, 0.15) is 47.4 Å². The van der Waals surface area contributed by atoms with Crippen LogP contribution in [0.2, 0.25) is 0 Å². The van der Waals surface area contributed by atoms with Crippen LogP contribution in [0.4, 0.5) is 0 Å². The first kappa shape index (κ1) is 14.8. The van der Waals surface area contributed by atoms with Crippen LogP contribution in [0, 0.1) is 5.41 Å². The van der Waals surface area contributed by atoms with E-state index in [2.05, 4.69) is 0 Å². The second-order valence-electron chi connectivity index (χ2n) is 6.59. The Morgan fingerprint density at radius 1 is 1.00 bits per heavy atom. The summed E-state index contributed by atoms with van der Waals surface area (Å²) in [5.74, 6) is -0.413. The summed E-state index contributed by atoms with van der Waals surface area (Å²) in [4.78, 5) is 40.0. The summed E-state index contributed by atoms with van der Waals surface area (Å²) in [6, 6.07) is 6.85. The fraction of sp³-hybridized carbons (Fsp3) is 0.471. The molecule has 0 bridgehead atoms. The number of carbonyl (C=O) groups excluding carboxylic acids is 3. The maximum Gasteiger partial charge on any atom is 0.261 e. The van der Waals surface area contributed by atoms with E-state index in [-0.39, 0.29) is 29.7 Å². The van der Waals surface area contributed by atoms with Crippen LogP contribution < -0.4 is 0 Å². The van der Waals surface area contributed by atoms with Crippen molar-refractivity contribution in [1.82, 2.24) is 9.80 Å². The molecule has 5 nitrogen and oxygen atoms in total. The summed E-state index contributed by atoms with van der Waals surface area (Å²) in [7, 11) is 0. The molecule has 5 heteroatoms. The van der Waals surface area contributed by atoms with E-state index in [0.29, 0.717) is 24.2 Å². The number of hydrogen-bond acceptors (Lipinski definition) is 3. The Balaban J connectivity index is 1.70.